The van der Waals surface area contributed by atoms with Gasteiger partial charge in [-0.05, 0) is 51.0 Å². The Morgan fingerprint density at radius 1 is 1.17 bits per heavy atom. The summed E-state index contributed by atoms with van der Waals surface area (Å²) in [6.07, 6.45) is 3.10. The van der Waals surface area contributed by atoms with E-state index in [1.54, 1.807) is 4.90 Å². The average Bonchev–Trinajstić information content (AvgIpc) is 3.44. The first-order valence-corrected chi connectivity index (χ1v) is 11.7. The standard InChI is InChI=1S/C27H32N4O4/c1-18(28-25(32)34-17-19-9-7-6-8-10-19)24-21(15-23-22(29-24)12-13-30(23)5)20-11-14-31(16-20)26(33)35-27(2,3)4/h6-13,15,18H,14,16-17H2,1-5H3,(H,28,32). The normalized spacial score (nSPS) is 14.5. The van der Waals surface area contributed by atoms with Crippen LogP contribution in [0.2, 0.25) is 0 Å². The molecule has 1 aliphatic rings. The van der Waals surface area contributed by atoms with Crippen molar-refractivity contribution < 1.29 is 19.1 Å². The molecule has 4 rings (SSSR count). The van der Waals surface area contributed by atoms with Gasteiger partial charge in [0.1, 0.15) is 12.2 Å². The maximum Gasteiger partial charge on any atom is 0.410 e. The number of rotatable bonds is 5. The summed E-state index contributed by atoms with van der Waals surface area (Å²) in [7, 11) is 1.96. The third kappa shape index (κ3) is 5.82. The molecule has 8 heteroatoms. The summed E-state index contributed by atoms with van der Waals surface area (Å²) in [5.41, 5.74) is 4.73. The molecule has 3 heterocycles. The smallest absolute Gasteiger partial charge is 0.410 e. The summed E-state index contributed by atoms with van der Waals surface area (Å²) in [4.78, 5) is 31.7. The van der Waals surface area contributed by atoms with E-state index in [-0.39, 0.29) is 12.7 Å². The molecule has 2 aromatic heterocycles. The fourth-order valence-corrected chi connectivity index (χ4v) is 4.01. The maximum atomic E-state index is 12.6. The molecule has 0 saturated carbocycles. The van der Waals surface area contributed by atoms with Crippen LogP contribution < -0.4 is 5.32 Å². The van der Waals surface area contributed by atoms with Crippen LogP contribution in [0.1, 0.15) is 50.6 Å². The number of amides is 2. The highest BCUT2D eigenvalue weighted by Crippen LogP contribution is 2.31. The van der Waals surface area contributed by atoms with Gasteiger partial charge in [-0.1, -0.05) is 36.4 Å². The van der Waals surface area contributed by atoms with Crippen LogP contribution in [0.5, 0.6) is 0 Å². The molecule has 35 heavy (non-hydrogen) atoms. The Kier molecular flexibility index (Phi) is 6.82. The fourth-order valence-electron chi connectivity index (χ4n) is 4.01. The van der Waals surface area contributed by atoms with Gasteiger partial charge in [-0.25, -0.2) is 14.6 Å². The van der Waals surface area contributed by atoms with Crippen molar-refractivity contribution in [2.24, 2.45) is 7.05 Å². The molecule has 0 fully saturated rings. The first-order chi connectivity index (χ1) is 16.6. The predicted molar refractivity (Wildman–Crippen MR) is 135 cm³/mol. The number of carbonyl (C=O) groups is 2. The number of alkyl carbamates (subject to hydrolysis) is 1. The summed E-state index contributed by atoms with van der Waals surface area (Å²) in [6.45, 7) is 8.49. The first kappa shape index (κ1) is 24.3. The van der Waals surface area contributed by atoms with E-state index < -0.39 is 17.7 Å². The van der Waals surface area contributed by atoms with Gasteiger partial charge in [0.15, 0.2) is 0 Å². The zero-order chi connectivity index (χ0) is 25.2. The number of aryl methyl sites for hydroxylation is 1. The second-order valence-electron chi connectivity index (χ2n) is 9.77. The van der Waals surface area contributed by atoms with Crippen LogP contribution in [-0.2, 0) is 23.1 Å². The lowest BCUT2D eigenvalue weighted by Crippen LogP contribution is -2.35. The van der Waals surface area contributed by atoms with Crippen molar-refractivity contribution in [3.63, 3.8) is 0 Å². The Bertz CT molecular complexity index is 1260. The topological polar surface area (TPSA) is 85.7 Å². The molecule has 1 atom stereocenters. The molecule has 3 aromatic rings. The van der Waals surface area contributed by atoms with Gasteiger partial charge in [0.2, 0.25) is 0 Å². The lowest BCUT2D eigenvalue weighted by Gasteiger charge is -2.25. The molecule has 1 aromatic carbocycles. The zero-order valence-electron chi connectivity index (χ0n) is 20.9. The molecular formula is C27H32N4O4. The van der Waals surface area contributed by atoms with Crippen molar-refractivity contribution in [1.82, 2.24) is 19.8 Å². The SMILES string of the molecule is CC(NC(=O)OCc1ccccc1)c1nc2ccn(C)c2cc1C1=CCN(C(=O)OC(C)(C)C)C1. The van der Waals surface area contributed by atoms with Crippen LogP contribution in [-0.4, -0.2) is 45.3 Å². The van der Waals surface area contributed by atoms with Gasteiger partial charge in [0.05, 0.1) is 22.8 Å². The summed E-state index contributed by atoms with van der Waals surface area (Å²) < 4.78 is 12.9. The van der Waals surface area contributed by atoms with E-state index >= 15 is 0 Å². The molecule has 0 aliphatic carbocycles. The number of pyridine rings is 1. The van der Waals surface area contributed by atoms with Crippen molar-refractivity contribution >= 4 is 28.8 Å². The maximum absolute atomic E-state index is 12.6. The number of ether oxygens (including phenoxy) is 2. The highest BCUT2D eigenvalue weighted by Gasteiger charge is 2.28. The lowest BCUT2D eigenvalue weighted by molar-refractivity contribution is 0.0306. The van der Waals surface area contributed by atoms with E-state index in [0.29, 0.717) is 13.1 Å². The van der Waals surface area contributed by atoms with Crippen molar-refractivity contribution in [2.45, 2.75) is 45.9 Å². The summed E-state index contributed by atoms with van der Waals surface area (Å²) in [5, 5.41) is 2.90. The van der Waals surface area contributed by atoms with Crippen LogP contribution in [0, 0.1) is 0 Å². The molecule has 1 unspecified atom stereocenters. The lowest BCUT2D eigenvalue weighted by atomic mass is 10.00. The molecule has 8 nitrogen and oxygen atoms in total. The van der Waals surface area contributed by atoms with Crippen LogP contribution in [0.4, 0.5) is 9.59 Å². The van der Waals surface area contributed by atoms with E-state index in [1.807, 2.05) is 88.0 Å². The monoisotopic (exact) mass is 476 g/mol. The van der Waals surface area contributed by atoms with Gasteiger partial charge in [-0.2, -0.15) is 0 Å². The molecule has 2 amide bonds. The van der Waals surface area contributed by atoms with E-state index in [9.17, 15) is 9.59 Å². The van der Waals surface area contributed by atoms with E-state index in [0.717, 1.165) is 33.4 Å². The van der Waals surface area contributed by atoms with Crippen molar-refractivity contribution in [2.75, 3.05) is 13.1 Å². The predicted octanol–water partition coefficient (Wildman–Crippen LogP) is 5.19. The van der Waals surface area contributed by atoms with E-state index in [1.165, 1.54) is 0 Å². The molecule has 1 aliphatic heterocycles. The fraction of sp³-hybridized carbons (Fsp3) is 0.370. The molecule has 0 bridgehead atoms. The zero-order valence-corrected chi connectivity index (χ0v) is 20.9. The Balaban J connectivity index is 1.53. The van der Waals surface area contributed by atoms with Crippen LogP contribution in [0.15, 0.2) is 54.7 Å². The minimum atomic E-state index is -0.562. The quantitative estimate of drug-likeness (QED) is 0.547. The minimum absolute atomic E-state index is 0.188. The number of benzene rings is 1. The molecule has 184 valence electrons. The van der Waals surface area contributed by atoms with Crippen LogP contribution >= 0.6 is 0 Å². The highest BCUT2D eigenvalue weighted by atomic mass is 16.6. The Hall–Kier alpha value is -3.81. The summed E-state index contributed by atoms with van der Waals surface area (Å²) >= 11 is 0. The Morgan fingerprint density at radius 3 is 2.63 bits per heavy atom. The number of nitrogens with one attached hydrogen (secondary N) is 1. The highest BCUT2D eigenvalue weighted by molar-refractivity contribution is 5.85. The van der Waals surface area contributed by atoms with Gasteiger partial charge < -0.3 is 24.3 Å². The van der Waals surface area contributed by atoms with Crippen molar-refractivity contribution in [3.05, 3.63) is 71.6 Å². The van der Waals surface area contributed by atoms with Gasteiger partial charge in [0, 0.05) is 31.9 Å². The van der Waals surface area contributed by atoms with E-state index in [2.05, 4.69) is 11.4 Å². The van der Waals surface area contributed by atoms with Crippen molar-refractivity contribution in [1.29, 1.82) is 0 Å². The van der Waals surface area contributed by atoms with Crippen molar-refractivity contribution in [3.8, 4) is 0 Å². The van der Waals surface area contributed by atoms with Crippen LogP contribution in [0.25, 0.3) is 16.6 Å². The van der Waals surface area contributed by atoms with E-state index in [4.69, 9.17) is 14.5 Å². The Labute approximate surface area is 205 Å². The number of hydrogen-bond donors (Lipinski definition) is 1. The molecule has 1 N–H and O–H groups in total. The summed E-state index contributed by atoms with van der Waals surface area (Å²) in [6, 6.07) is 13.1. The molecule has 0 radical (unpaired) electrons. The number of carbonyl (C=O) groups excluding carboxylic acids is 2. The van der Waals surface area contributed by atoms with Crippen LogP contribution in [0.3, 0.4) is 0 Å². The van der Waals surface area contributed by atoms with Gasteiger partial charge in [-0.3, -0.25) is 0 Å². The van der Waals surface area contributed by atoms with Gasteiger partial charge in [-0.15, -0.1) is 0 Å². The third-order valence-corrected chi connectivity index (χ3v) is 5.77. The Morgan fingerprint density at radius 2 is 1.91 bits per heavy atom. The number of fused-ring (bicyclic) bond motifs is 1. The first-order valence-electron chi connectivity index (χ1n) is 11.7. The van der Waals surface area contributed by atoms with Gasteiger partial charge in [0.25, 0.3) is 0 Å². The van der Waals surface area contributed by atoms with Gasteiger partial charge >= 0.3 is 12.2 Å². The molecule has 0 saturated heterocycles. The summed E-state index contributed by atoms with van der Waals surface area (Å²) in [5.74, 6) is 0. The third-order valence-electron chi connectivity index (χ3n) is 5.77. The number of nitrogens with zero attached hydrogens (tertiary/aromatic N) is 3. The average molecular weight is 477 g/mol. The largest absolute Gasteiger partial charge is 0.445 e. The second-order valence-corrected chi connectivity index (χ2v) is 9.77. The number of hydrogen-bond acceptors (Lipinski definition) is 5. The minimum Gasteiger partial charge on any atom is -0.445 e. The number of aromatic nitrogens is 2. The molecular weight excluding hydrogens is 444 g/mol. The second kappa shape index (κ2) is 9.82. The molecule has 0 spiro atoms.